The number of amides is 1. The van der Waals surface area contributed by atoms with Crippen LogP contribution in [-0.2, 0) is 4.74 Å². The van der Waals surface area contributed by atoms with Gasteiger partial charge in [0.1, 0.15) is 42.2 Å². The molecule has 4 atom stereocenters. The SMILES string of the molecule is CSc1nc2c3c(nc(-c4cncc5cccc(C#C[Si](C(C)C)(C(C)C)C(C)C)c45)c(F)c3n1)O[C@@H](C)[C@@H]1[C@@H]3CC[C@H](CN21)N3C(=O)OC(C)(C)C. The number of piperazine rings is 1. The molecule has 0 unspecified atom stereocenters. The van der Waals surface area contributed by atoms with Crippen molar-refractivity contribution in [2.24, 2.45) is 0 Å². The fraction of sp³-hybridized carbons (Fsp3) is 0.537. The molecule has 2 fully saturated rings. The normalized spacial score (nSPS) is 21.2. The fourth-order valence-corrected chi connectivity index (χ4v) is 15.0. The maximum Gasteiger partial charge on any atom is 0.410 e. The monoisotopic (exact) mass is 754 g/mol. The second-order valence-corrected chi connectivity index (χ2v) is 23.1. The van der Waals surface area contributed by atoms with E-state index in [2.05, 4.69) is 62.9 Å². The van der Waals surface area contributed by atoms with Gasteiger partial charge in [0.25, 0.3) is 0 Å². The largest absolute Gasteiger partial charge is 0.472 e. The number of carbonyl (C=O) groups excluding carboxylic acids is 1. The van der Waals surface area contributed by atoms with Gasteiger partial charge in [-0.3, -0.25) is 9.88 Å². The van der Waals surface area contributed by atoms with Gasteiger partial charge in [-0.15, -0.1) is 5.54 Å². The molecule has 3 aromatic heterocycles. The van der Waals surface area contributed by atoms with Crippen molar-refractivity contribution in [3.05, 3.63) is 42.0 Å². The Hall–Kier alpha value is -3.95. The summed E-state index contributed by atoms with van der Waals surface area (Å²) in [5.41, 5.74) is 6.26. The van der Waals surface area contributed by atoms with Crippen molar-refractivity contribution in [1.82, 2.24) is 24.8 Å². The zero-order valence-electron chi connectivity index (χ0n) is 32.7. The third-order valence-corrected chi connectivity index (χ3v) is 18.4. The predicted octanol–water partition coefficient (Wildman–Crippen LogP) is 9.41. The number of aromatic nitrogens is 4. The average Bonchev–Trinajstić information content (AvgIpc) is 3.34. The number of rotatable bonds is 5. The highest BCUT2D eigenvalue weighted by molar-refractivity contribution is 7.98. The summed E-state index contributed by atoms with van der Waals surface area (Å²) >= 11 is 1.36. The van der Waals surface area contributed by atoms with Gasteiger partial charge in [0.2, 0.25) is 5.88 Å². The minimum absolute atomic E-state index is 0.0788. The van der Waals surface area contributed by atoms with Crippen molar-refractivity contribution in [1.29, 1.82) is 0 Å². The quantitative estimate of drug-likeness (QED) is 0.0855. The molecule has 4 aromatic rings. The van der Waals surface area contributed by atoms with E-state index in [0.29, 0.717) is 45.1 Å². The van der Waals surface area contributed by atoms with E-state index >= 15 is 4.39 Å². The molecule has 2 saturated heterocycles. The molecule has 0 saturated carbocycles. The third-order valence-electron chi connectivity index (χ3n) is 11.6. The average molecular weight is 755 g/mol. The van der Waals surface area contributed by atoms with Gasteiger partial charge in [-0.1, -0.05) is 71.4 Å². The van der Waals surface area contributed by atoms with Gasteiger partial charge in [0.05, 0.1) is 18.1 Å². The molecule has 0 radical (unpaired) electrons. The van der Waals surface area contributed by atoms with Crippen molar-refractivity contribution < 1.29 is 18.7 Å². The van der Waals surface area contributed by atoms with Crippen molar-refractivity contribution in [3.63, 3.8) is 0 Å². The van der Waals surface area contributed by atoms with E-state index in [1.165, 1.54) is 11.8 Å². The number of thioether (sulfide) groups is 1. The van der Waals surface area contributed by atoms with E-state index in [0.717, 1.165) is 29.2 Å². The molecule has 6 heterocycles. The standard InChI is InChI=1S/C41H51FN6O3SSi/c1-22(2)53(23(3)4,24(5)6)18-17-26-13-12-14-27-19-43-20-29(31(26)27)34-33(42)35-32-37(46-39(45-35)52-11)47-21-28-15-16-30(36(47)25(7)50-38(32)44-34)48(28)40(49)51-41(8,9)10/h12-14,19-20,22-25,28,30,36H,15-16,21H2,1-11H3/t25-,28+,30-,36+/m0/s1. The van der Waals surface area contributed by atoms with E-state index in [1.54, 1.807) is 12.4 Å². The molecule has 1 amide bonds. The van der Waals surface area contributed by atoms with Crippen LogP contribution in [0.1, 0.15) is 87.6 Å². The van der Waals surface area contributed by atoms with Crippen LogP contribution in [0, 0.1) is 17.3 Å². The molecular formula is C41H51FN6O3SSi. The number of ether oxygens (including phenoxy) is 2. The molecule has 280 valence electrons. The van der Waals surface area contributed by atoms with Gasteiger partial charge in [0, 0.05) is 40.8 Å². The Kier molecular flexibility index (Phi) is 9.67. The molecule has 3 aliphatic heterocycles. The molecular weight excluding hydrogens is 704 g/mol. The third kappa shape index (κ3) is 6.21. The van der Waals surface area contributed by atoms with Gasteiger partial charge in [0.15, 0.2) is 11.0 Å². The van der Waals surface area contributed by atoms with Gasteiger partial charge in [-0.05, 0) is 69.5 Å². The molecule has 1 aromatic carbocycles. The summed E-state index contributed by atoms with van der Waals surface area (Å²) in [5.74, 6) is 3.92. The minimum Gasteiger partial charge on any atom is -0.472 e. The van der Waals surface area contributed by atoms with E-state index in [-0.39, 0.29) is 41.3 Å². The highest BCUT2D eigenvalue weighted by Crippen LogP contribution is 2.47. The van der Waals surface area contributed by atoms with Crippen LogP contribution >= 0.6 is 11.8 Å². The number of halogens is 1. The Balaban J connectivity index is 1.41. The van der Waals surface area contributed by atoms with Crippen molar-refractivity contribution in [2.45, 2.75) is 134 Å². The lowest BCUT2D eigenvalue weighted by atomic mass is 9.98. The minimum atomic E-state index is -2.07. The highest BCUT2D eigenvalue weighted by Gasteiger charge is 2.54. The van der Waals surface area contributed by atoms with Crippen LogP contribution in [0.4, 0.5) is 15.0 Å². The Morgan fingerprint density at radius 1 is 1.04 bits per heavy atom. The van der Waals surface area contributed by atoms with Crippen LogP contribution in [-0.4, -0.2) is 81.6 Å². The van der Waals surface area contributed by atoms with Gasteiger partial charge in [-0.25, -0.2) is 24.1 Å². The van der Waals surface area contributed by atoms with Crippen molar-refractivity contribution in [2.75, 3.05) is 17.7 Å². The lowest BCUT2D eigenvalue weighted by Gasteiger charge is -2.48. The number of fused-ring (bicyclic) bond motifs is 6. The molecule has 3 aliphatic rings. The maximum atomic E-state index is 17.3. The van der Waals surface area contributed by atoms with Crippen LogP contribution < -0.4 is 9.64 Å². The number of nitrogens with zero attached hydrogens (tertiary/aromatic N) is 6. The molecule has 12 heteroatoms. The van der Waals surface area contributed by atoms with Crippen LogP contribution in [0.25, 0.3) is 32.9 Å². The maximum absolute atomic E-state index is 17.3. The van der Waals surface area contributed by atoms with Gasteiger partial charge < -0.3 is 14.4 Å². The molecule has 7 rings (SSSR count). The Labute approximate surface area is 317 Å². The second-order valence-electron chi connectivity index (χ2n) is 16.7. The topological polar surface area (TPSA) is 93.6 Å². The highest BCUT2D eigenvalue weighted by atomic mass is 32.2. The first kappa shape index (κ1) is 37.4. The Morgan fingerprint density at radius 3 is 2.42 bits per heavy atom. The summed E-state index contributed by atoms with van der Waals surface area (Å²) in [6, 6.07) is 5.46. The summed E-state index contributed by atoms with van der Waals surface area (Å²) in [7, 11) is -2.07. The molecule has 9 nitrogen and oxygen atoms in total. The van der Waals surface area contributed by atoms with Crippen LogP contribution in [0.5, 0.6) is 5.88 Å². The first-order chi connectivity index (χ1) is 25.1. The Morgan fingerprint density at radius 2 is 1.75 bits per heavy atom. The summed E-state index contributed by atoms with van der Waals surface area (Å²) in [5, 5.41) is 2.55. The number of benzene rings is 1. The first-order valence-electron chi connectivity index (χ1n) is 18.9. The fourth-order valence-electron chi connectivity index (χ4n) is 9.42. The first-order valence-corrected chi connectivity index (χ1v) is 22.3. The molecule has 53 heavy (non-hydrogen) atoms. The number of hydrogen-bond donors (Lipinski definition) is 0. The molecule has 2 bridgehead atoms. The number of hydrogen-bond acceptors (Lipinski definition) is 9. The number of carbonyl (C=O) groups is 1. The zero-order chi connectivity index (χ0) is 38.1. The number of anilines is 1. The van der Waals surface area contributed by atoms with E-state index in [1.807, 2.05) is 57.0 Å². The van der Waals surface area contributed by atoms with Crippen LogP contribution in [0.2, 0.25) is 16.6 Å². The summed E-state index contributed by atoms with van der Waals surface area (Å²) in [6.45, 7) is 22.0. The lowest BCUT2D eigenvalue weighted by Crippen LogP contribution is -2.65. The van der Waals surface area contributed by atoms with E-state index in [9.17, 15) is 4.79 Å². The zero-order valence-corrected chi connectivity index (χ0v) is 34.6. The van der Waals surface area contributed by atoms with Crippen molar-refractivity contribution >= 4 is 53.4 Å². The number of pyridine rings is 2. The summed E-state index contributed by atoms with van der Waals surface area (Å²) < 4.78 is 30.0. The Bertz CT molecular complexity index is 2130. The van der Waals surface area contributed by atoms with Gasteiger partial charge in [-0.2, -0.15) is 0 Å². The summed E-state index contributed by atoms with van der Waals surface area (Å²) in [4.78, 5) is 36.9. The molecule has 0 spiro atoms. The lowest BCUT2D eigenvalue weighted by molar-refractivity contribution is 0.000950. The van der Waals surface area contributed by atoms with Crippen molar-refractivity contribution in [3.8, 4) is 28.6 Å². The van der Waals surface area contributed by atoms with Crippen LogP contribution in [0.3, 0.4) is 0 Å². The second kappa shape index (κ2) is 13.7. The van der Waals surface area contributed by atoms with Crippen LogP contribution in [0.15, 0.2) is 35.7 Å². The van der Waals surface area contributed by atoms with E-state index in [4.69, 9.17) is 24.4 Å². The van der Waals surface area contributed by atoms with E-state index < -0.39 is 25.6 Å². The smallest absolute Gasteiger partial charge is 0.410 e. The predicted molar refractivity (Wildman–Crippen MR) is 214 cm³/mol. The molecule has 0 N–H and O–H groups in total. The van der Waals surface area contributed by atoms with Gasteiger partial charge >= 0.3 is 6.09 Å². The molecule has 0 aliphatic carbocycles. The summed E-state index contributed by atoms with van der Waals surface area (Å²) in [6.07, 6.45) is 6.25.